The zero-order chi connectivity index (χ0) is 14.4. The van der Waals surface area contributed by atoms with Crippen LogP contribution in [0, 0.1) is 12.7 Å². The smallest absolute Gasteiger partial charge is 0.123 e. The van der Waals surface area contributed by atoms with Crippen LogP contribution < -0.4 is 5.32 Å². The molecule has 0 saturated heterocycles. The highest BCUT2D eigenvalue weighted by atomic mass is 19.1. The average molecular weight is 272 g/mol. The number of halogens is 1. The zero-order valence-electron chi connectivity index (χ0n) is 12.1. The van der Waals surface area contributed by atoms with Gasteiger partial charge in [0.05, 0.1) is 0 Å². The maximum atomic E-state index is 13.5. The van der Waals surface area contributed by atoms with Crippen LogP contribution in [-0.2, 0) is 6.42 Å². The van der Waals surface area contributed by atoms with E-state index in [9.17, 15) is 4.39 Å². The first-order chi connectivity index (χ1) is 9.70. The van der Waals surface area contributed by atoms with Crippen LogP contribution in [0.15, 0.2) is 42.7 Å². The molecule has 20 heavy (non-hydrogen) atoms. The van der Waals surface area contributed by atoms with Gasteiger partial charge in [0.25, 0.3) is 0 Å². The Bertz CT molecular complexity index is 540. The SMILES string of the molecule is CCCNC(Cc1cccnc1)c1cc(F)ccc1C. The first-order valence-corrected chi connectivity index (χ1v) is 7.09. The molecule has 0 bridgehead atoms. The van der Waals surface area contributed by atoms with Crippen molar-refractivity contribution in [3.63, 3.8) is 0 Å². The molecule has 1 unspecified atom stereocenters. The summed E-state index contributed by atoms with van der Waals surface area (Å²) in [5, 5.41) is 3.51. The Kier molecular flexibility index (Phi) is 5.24. The van der Waals surface area contributed by atoms with E-state index in [0.717, 1.165) is 36.1 Å². The molecule has 1 heterocycles. The Labute approximate surface area is 120 Å². The predicted molar refractivity (Wildman–Crippen MR) is 80.1 cm³/mol. The van der Waals surface area contributed by atoms with Crippen molar-refractivity contribution in [2.24, 2.45) is 0 Å². The number of rotatable bonds is 6. The fraction of sp³-hybridized carbons (Fsp3) is 0.353. The summed E-state index contributed by atoms with van der Waals surface area (Å²) in [6.45, 7) is 5.08. The second-order valence-corrected chi connectivity index (χ2v) is 5.07. The summed E-state index contributed by atoms with van der Waals surface area (Å²) >= 11 is 0. The number of nitrogens with one attached hydrogen (secondary N) is 1. The molecule has 1 aromatic heterocycles. The van der Waals surface area contributed by atoms with Crippen LogP contribution in [0.1, 0.15) is 36.1 Å². The Morgan fingerprint density at radius 1 is 1.30 bits per heavy atom. The van der Waals surface area contributed by atoms with E-state index in [1.54, 1.807) is 12.3 Å². The molecule has 0 saturated carbocycles. The molecule has 0 aliphatic heterocycles. The number of nitrogens with zero attached hydrogens (tertiary/aromatic N) is 1. The first-order valence-electron chi connectivity index (χ1n) is 7.09. The predicted octanol–water partition coefficient (Wildman–Crippen LogP) is 3.81. The van der Waals surface area contributed by atoms with Crippen LogP contribution in [-0.4, -0.2) is 11.5 Å². The topological polar surface area (TPSA) is 24.9 Å². The van der Waals surface area contributed by atoms with E-state index in [4.69, 9.17) is 0 Å². The van der Waals surface area contributed by atoms with Crippen LogP contribution in [0.3, 0.4) is 0 Å². The summed E-state index contributed by atoms with van der Waals surface area (Å²) in [6.07, 6.45) is 5.51. The van der Waals surface area contributed by atoms with Crippen molar-refractivity contribution < 1.29 is 4.39 Å². The van der Waals surface area contributed by atoms with Crippen molar-refractivity contribution in [1.29, 1.82) is 0 Å². The third-order valence-corrected chi connectivity index (χ3v) is 3.42. The molecule has 0 aliphatic carbocycles. The van der Waals surface area contributed by atoms with Crippen LogP contribution in [0.25, 0.3) is 0 Å². The summed E-state index contributed by atoms with van der Waals surface area (Å²) in [5.41, 5.74) is 3.30. The Hall–Kier alpha value is -1.74. The second kappa shape index (κ2) is 7.15. The van der Waals surface area contributed by atoms with Gasteiger partial charge in [-0.25, -0.2) is 4.39 Å². The van der Waals surface area contributed by atoms with E-state index in [-0.39, 0.29) is 11.9 Å². The summed E-state index contributed by atoms with van der Waals surface area (Å²) < 4.78 is 13.5. The maximum Gasteiger partial charge on any atom is 0.123 e. The molecule has 0 fully saturated rings. The van der Waals surface area contributed by atoms with E-state index < -0.39 is 0 Å². The maximum absolute atomic E-state index is 13.5. The molecule has 1 aromatic carbocycles. The molecule has 2 rings (SSSR count). The Morgan fingerprint density at radius 2 is 2.15 bits per heavy atom. The van der Waals surface area contributed by atoms with Crippen LogP contribution in [0.4, 0.5) is 4.39 Å². The van der Waals surface area contributed by atoms with E-state index >= 15 is 0 Å². The number of aromatic nitrogens is 1. The number of pyridine rings is 1. The van der Waals surface area contributed by atoms with Crippen molar-refractivity contribution in [2.75, 3.05) is 6.54 Å². The van der Waals surface area contributed by atoms with Crippen molar-refractivity contribution in [1.82, 2.24) is 10.3 Å². The van der Waals surface area contributed by atoms with Gasteiger partial charge in [-0.15, -0.1) is 0 Å². The minimum Gasteiger partial charge on any atom is -0.310 e. The number of aryl methyl sites for hydroxylation is 1. The largest absolute Gasteiger partial charge is 0.310 e. The molecule has 0 amide bonds. The molecule has 106 valence electrons. The summed E-state index contributed by atoms with van der Waals surface area (Å²) in [6, 6.07) is 9.11. The summed E-state index contributed by atoms with van der Waals surface area (Å²) in [5.74, 6) is -0.180. The molecule has 3 heteroatoms. The highest BCUT2D eigenvalue weighted by molar-refractivity contribution is 5.31. The van der Waals surface area contributed by atoms with Gasteiger partial charge in [-0.2, -0.15) is 0 Å². The van der Waals surface area contributed by atoms with E-state index in [1.807, 2.05) is 25.3 Å². The second-order valence-electron chi connectivity index (χ2n) is 5.07. The van der Waals surface area contributed by atoms with Crippen LogP contribution >= 0.6 is 0 Å². The van der Waals surface area contributed by atoms with Gasteiger partial charge in [0.15, 0.2) is 0 Å². The molecule has 0 spiro atoms. The van der Waals surface area contributed by atoms with Crippen LogP contribution in [0.2, 0.25) is 0 Å². The minimum absolute atomic E-state index is 0.120. The molecular weight excluding hydrogens is 251 g/mol. The molecular formula is C17H21FN2. The van der Waals surface area contributed by atoms with Crippen LogP contribution in [0.5, 0.6) is 0 Å². The van der Waals surface area contributed by atoms with Gasteiger partial charge in [0.1, 0.15) is 5.82 Å². The molecule has 0 radical (unpaired) electrons. The lowest BCUT2D eigenvalue weighted by atomic mass is 9.95. The van der Waals surface area contributed by atoms with Gasteiger partial charge in [0.2, 0.25) is 0 Å². The quantitative estimate of drug-likeness (QED) is 0.865. The molecule has 0 aliphatic rings. The third-order valence-electron chi connectivity index (χ3n) is 3.42. The number of benzene rings is 1. The van der Waals surface area contributed by atoms with Crippen molar-refractivity contribution in [2.45, 2.75) is 32.7 Å². The Balaban J connectivity index is 2.24. The van der Waals surface area contributed by atoms with Crippen molar-refractivity contribution in [3.05, 3.63) is 65.2 Å². The number of hydrogen-bond acceptors (Lipinski definition) is 2. The highest BCUT2D eigenvalue weighted by Crippen LogP contribution is 2.22. The number of hydrogen-bond donors (Lipinski definition) is 1. The van der Waals surface area contributed by atoms with Crippen molar-refractivity contribution >= 4 is 0 Å². The van der Waals surface area contributed by atoms with E-state index in [2.05, 4.69) is 23.3 Å². The molecule has 2 nitrogen and oxygen atoms in total. The van der Waals surface area contributed by atoms with Gasteiger partial charge in [-0.1, -0.05) is 19.1 Å². The minimum atomic E-state index is -0.180. The van der Waals surface area contributed by atoms with Gasteiger partial charge in [-0.3, -0.25) is 4.98 Å². The zero-order valence-corrected chi connectivity index (χ0v) is 12.1. The lowest BCUT2D eigenvalue weighted by molar-refractivity contribution is 0.521. The van der Waals surface area contributed by atoms with Gasteiger partial charge in [0, 0.05) is 18.4 Å². The van der Waals surface area contributed by atoms with Crippen molar-refractivity contribution in [3.8, 4) is 0 Å². The van der Waals surface area contributed by atoms with Gasteiger partial charge >= 0.3 is 0 Å². The molecule has 1 N–H and O–H groups in total. The molecule has 1 atom stereocenters. The summed E-state index contributed by atoms with van der Waals surface area (Å²) in [7, 11) is 0. The Morgan fingerprint density at radius 3 is 2.85 bits per heavy atom. The monoisotopic (exact) mass is 272 g/mol. The highest BCUT2D eigenvalue weighted by Gasteiger charge is 2.14. The third kappa shape index (κ3) is 3.87. The average Bonchev–Trinajstić information content (AvgIpc) is 2.47. The van der Waals surface area contributed by atoms with E-state index in [1.165, 1.54) is 6.07 Å². The first kappa shape index (κ1) is 14.7. The standard InChI is InChI=1S/C17H21FN2/c1-3-8-20-17(10-14-5-4-9-19-12-14)16-11-15(18)7-6-13(16)2/h4-7,9,11-12,17,20H,3,8,10H2,1-2H3. The van der Waals surface area contributed by atoms with E-state index in [0.29, 0.717) is 0 Å². The van der Waals surface area contributed by atoms with Gasteiger partial charge in [-0.05, 0) is 61.2 Å². The lowest BCUT2D eigenvalue weighted by Gasteiger charge is -2.21. The lowest BCUT2D eigenvalue weighted by Crippen LogP contribution is -2.25. The summed E-state index contributed by atoms with van der Waals surface area (Å²) in [4.78, 5) is 4.15. The fourth-order valence-electron chi connectivity index (χ4n) is 2.35. The normalized spacial score (nSPS) is 12.3. The van der Waals surface area contributed by atoms with Gasteiger partial charge < -0.3 is 5.32 Å². The molecule has 2 aromatic rings. The fourth-order valence-corrected chi connectivity index (χ4v) is 2.35.